The summed E-state index contributed by atoms with van der Waals surface area (Å²) in [5.74, 6) is 0. The van der Waals surface area contributed by atoms with Crippen LogP contribution in [0.5, 0.6) is 0 Å². The molecule has 9 aromatic carbocycles. The molecule has 6 nitrogen and oxygen atoms in total. The molecule has 0 atom stereocenters. The summed E-state index contributed by atoms with van der Waals surface area (Å²) in [6.07, 6.45) is 7.07. The van der Waals surface area contributed by atoms with Crippen LogP contribution in [0.25, 0.3) is 116 Å². The number of hydrogen-bond acceptors (Lipinski definition) is 3. The molecule has 0 saturated carbocycles. The summed E-state index contributed by atoms with van der Waals surface area (Å²) in [5, 5.41) is 10.6. The van der Waals surface area contributed by atoms with Crippen LogP contribution in [0, 0.1) is 72.1 Å². The molecule has 423 valence electrons. The predicted octanol–water partition coefficient (Wildman–Crippen LogP) is 19.1. The van der Waals surface area contributed by atoms with Crippen LogP contribution in [0.4, 0.5) is 0 Å². The number of nitrogens with zero attached hydrogens (tertiary/aromatic N) is 6. The van der Waals surface area contributed by atoms with Gasteiger partial charge in [-0.15, -0.1) is 89.0 Å². The fourth-order valence-electron chi connectivity index (χ4n) is 12.7. The van der Waals surface area contributed by atoms with E-state index in [1.807, 2.05) is 42.9 Å². The zero-order valence-electron chi connectivity index (χ0n) is 48.8. The summed E-state index contributed by atoms with van der Waals surface area (Å²) in [5.41, 5.74) is 24.2. The first kappa shape index (κ1) is 59.7. The fraction of sp³-hybridized carbons (Fsp3) is 0.160. The number of hydrogen-bond donors (Lipinski definition) is 0. The maximum absolute atomic E-state index is 4.87. The van der Waals surface area contributed by atoms with Crippen LogP contribution in [-0.2, 0) is 66.7 Å². The summed E-state index contributed by atoms with van der Waals surface area (Å²) in [4.78, 5) is 14.5. The van der Waals surface area contributed by atoms with Gasteiger partial charge in [0.15, 0.2) is 0 Å². The van der Waals surface area contributed by atoms with Crippen molar-refractivity contribution in [1.82, 2.24) is 28.2 Å². The molecule has 0 bridgehead atoms. The summed E-state index contributed by atoms with van der Waals surface area (Å²) < 4.78 is 6.90. The van der Waals surface area contributed by atoms with Gasteiger partial charge in [-0.1, -0.05) is 140 Å². The van der Waals surface area contributed by atoms with Crippen LogP contribution < -0.4 is 0 Å². The average molecular weight is 1630 g/mol. The monoisotopic (exact) mass is 1630 g/mol. The minimum absolute atomic E-state index is 0. The Morgan fingerprint density at radius 2 is 0.702 bits per heavy atom. The second-order valence-electron chi connectivity index (χ2n) is 23.2. The molecule has 15 aromatic rings. The van der Waals surface area contributed by atoms with Crippen LogP contribution >= 0.6 is 0 Å². The van der Waals surface area contributed by atoms with Gasteiger partial charge in [0.2, 0.25) is 0 Å². The fourth-order valence-corrected chi connectivity index (χ4v) is 12.7. The maximum Gasteiger partial charge on any atom is 0.0639 e. The molecule has 0 N–H and O–H groups in total. The molecule has 0 aliphatic rings. The predicted molar refractivity (Wildman–Crippen MR) is 340 cm³/mol. The number of imidazole rings is 3. The van der Waals surface area contributed by atoms with Crippen LogP contribution in [0.2, 0.25) is 0 Å². The third-order valence-electron chi connectivity index (χ3n) is 16.2. The van der Waals surface area contributed by atoms with Crippen molar-refractivity contribution in [1.29, 1.82) is 0 Å². The topological polar surface area (TPSA) is 51.9 Å². The molecule has 0 spiro atoms. The largest absolute Gasteiger partial charge is 0.333 e. The van der Waals surface area contributed by atoms with Gasteiger partial charge in [-0.2, -0.15) is 0 Å². The third-order valence-corrected chi connectivity index (χ3v) is 16.2. The number of pyridine rings is 3. The van der Waals surface area contributed by atoms with Crippen molar-refractivity contribution in [3.63, 3.8) is 0 Å². The summed E-state index contributed by atoms with van der Waals surface area (Å²) >= 11 is 0. The number of benzene rings is 9. The Kier molecular flexibility index (Phi) is 17.0. The molecule has 3 radical (unpaired) electrons. The van der Waals surface area contributed by atoms with Crippen molar-refractivity contribution in [2.45, 2.75) is 75.7 Å². The van der Waals surface area contributed by atoms with Gasteiger partial charge in [0.1, 0.15) is 0 Å². The van der Waals surface area contributed by atoms with E-state index in [1.54, 1.807) is 0 Å². The van der Waals surface area contributed by atoms with Crippen molar-refractivity contribution in [2.75, 3.05) is 0 Å². The first-order valence-corrected chi connectivity index (χ1v) is 28.0. The van der Waals surface area contributed by atoms with Crippen LogP contribution in [0.15, 0.2) is 188 Å². The Balaban J connectivity index is 0.000000139. The Morgan fingerprint density at radius 3 is 1.11 bits per heavy atom. The average Bonchev–Trinajstić information content (AvgIpc) is 1.80. The van der Waals surface area contributed by atoms with E-state index in [1.165, 1.54) is 110 Å². The van der Waals surface area contributed by atoms with Crippen LogP contribution in [-0.4, -0.2) is 28.2 Å². The molecule has 15 rings (SSSR count). The van der Waals surface area contributed by atoms with Gasteiger partial charge in [0.05, 0.1) is 34.0 Å². The minimum atomic E-state index is 0. The van der Waals surface area contributed by atoms with Crippen molar-refractivity contribution >= 4 is 82.0 Å². The molecule has 6 heterocycles. The zero-order chi connectivity index (χ0) is 55.8. The van der Waals surface area contributed by atoms with Gasteiger partial charge in [-0.3, -0.25) is 15.0 Å². The van der Waals surface area contributed by atoms with Gasteiger partial charge >= 0.3 is 0 Å². The van der Waals surface area contributed by atoms with E-state index in [4.69, 9.17) is 15.0 Å². The molecular formula is C75H63Ir3N6-3. The molecule has 0 aliphatic heterocycles. The quantitative estimate of drug-likeness (QED) is 0.130. The van der Waals surface area contributed by atoms with Gasteiger partial charge in [0, 0.05) is 112 Å². The smallest absolute Gasteiger partial charge is 0.0639 e. The zero-order valence-corrected chi connectivity index (χ0v) is 56.0. The molecule has 0 unspecified atom stereocenters. The molecule has 84 heavy (non-hydrogen) atoms. The van der Waals surface area contributed by atoms with E-state index in [2.05, 4.69) is 246 Å². The Morgan fingerprint density at radius 1 is 0.357 bits per heavy atom. The summed E-state index contributed by atoms with van der Waals surface area (Å²) in [7, 11) is 0. The molecule has 0 saturated heterocycles. The number of fused-ring (bicyclic) bond motifs is 18. The van der Waals surface area contributed by atoms with Crippen LogP contribution in [0.3, 0.4) is 0 Å². The van der Waals surface area contributed by atoms with E-state index in [9.17, 15) is 0 Å². The van der Waals surface area contributed by atoms with E-state index < -0.39 is 0 Å². The molecule has 6 aromatic heterocycles. The Labute approximate surface area is 532 Å². The van der Waals surface area contributed by atoms with Gasteiger partial charge in [-0.25, -0.2) is 0 Å². The standard InChI is InChI=1S/C28H27N2.C24H19N2.C23H17N2.3Ir/c1-18-9-8-10-19(2)26(18)25-17-29-27-22-12-7-6-11-21(22)23-15-20(16-28(3,4)5)13-14-24(23)30(25)27;1-15-11-12-21-20(13-15)18-9-4-5-10-19(18)24-25-14-22(26(21)24)23-16(2)7-6-8-17(23)3;1-15-8-7-9-16(2)22(15)21-14-24-23-19-12-4-3-10-17(19)18-11-5-6-13-20(18)25(21)23;;;/h6-11,13-15,17H,16H2,1-5H3;4-9,11-14H,1-3H3;3-11,13-14H,1-2H3;;;/q3*-1;;;. The van der Waals surface area contributed by atoms with Gasteiger partial charge in [0.25, 0.3) is 0 Å². The molecule has 0 fully saturated rings. The van der Waals surface area contributed by atoms with Crippen molar-refractivity contribution in [3.05, 3.63) is 251 Å². The molecular weight excluding hydrogens is 1560 g/mol. The van der Waals surface area contributed by atoms with E-state index >= 15 is 0 Å². The molecule has 9 heteroatoms. The van der Waals surface area contributed by atoms with E-state index in [0.29, 0.717) is 0 Å². The van der Waals surface area contributed by atoms with Crippen molar-refractivity contribution in [2.24, 2.45) is 5.41 Å². The van der Waals surface area contributed by atoms with E-state index in [-0.39, 0.29) is 65.7 Å². The normalized spacial score (nSPS) is 11.5. The molecule has 0 aliphatic carbocycles. The maximum atomic E-state index is 4.87. The summed E-state index contributed by atoms with van der Waals surface area (Å²) in [6.45, 7) is 22.0. The Bertz CT molecular complexity index is 4940. The number of aromatic nitrogens is 6. The first-order chi connectivity index (χ1) is 39.2. The minimum Gasteiger partial charge on any atom is -0.333 e. The SMILES string of the molecule is Cc1ccc2c(c1)c1ccc[c-]c1c1ncc(-c3c(C)cccc3C)n21.Cc1cccc(C)c1-c1cnc2c3[c-]cccc3c3cc(CC(C)(C)C)ccc3n12.Cc1cccc(C)c1-c1cnc2c3[c-]cccc3c3ccccc3n12.[Ir].[Ir].[Ir]. The Hall–Kier alpha value is -7.44. The van der Waals surface area contributed by atoms with E-state index in [0.717, 1.165) is 56.6 Å². The first-order valence-electron chi connectivity index (χ1n) is 28.0. The van der Waals surface area contributed by atoms with Crippen molar-refractivity contribution < 1.29 is 60.3 Å². The number of rotatable bonds is 4. The van der Waals surface area contributed by atoms with Gasteiger partial charge < -0.3 is 13.2 Å². The molecule has 0 amide bonds. The summed E-state index contributed by atoms with van der Waals surface area (Å²) in [6, 6.07) is 70.4. The third kappa shape index (κ3) is 10.4. The van der Waals surface area contributed by atoms with Crippen LogP contribution in [0.1, 0.15) is 65.3 Å². The number of para-hydroxylation sites is 1. The second-order valence-corrected chi connectivity index (χ2v) is 23.2. The number of aryl methyl sites for hydroxylation is 7. The van der Waals surface area contributed by atoms with Crippen molar-refractivity contribution in [3.8, 4) is 33.8 Å². The second kappa shape index (κ2) is 23.9. The van der Waals surface area contributed by atoms with Gasteiger partial charge in [-0.05, 0) is 134 Å².